The molecule has 2 heteroatoms. The number of nitrogens with one attached hydrogen (secondary N) is 1. The van der Waals surface area contributed by atoms with Gasteiger partial charge in [0.15, 0.2) is 0 Å². The monoisotopic (exact) mass is 267 g/mol. The molecule has 112 valence electrons. The van der Waals surface area contributed by atoms with Crippen LogP contribution in [0.15, 0.2) is 0 Å². The maximum Gasteiger partial charge on any atom is 0.0622 e. The number of rotatable bonds is 7. The Bertz CT molecular complexity index is 219. The molecule has 0 amide bonds. The molecule has 0 saturated heterocycles. The first-order valence-corrected chi connectivity index (χ1v) is 8.71. The molecule has 0 radical (unpaired) electrons. The molecular weight excluding hydrogens is 234 g/mol. The lowest BCUT2D eigenvalue weighted by atomic mass is 9.84. The molecule has 1 atom stereocenters. The van der Waals surface area contributed by atoms with Gasteiger partial charge in [-0.15, -0.1) is 0 Å². The van der Waals surface area contributed by atoms with E-state index in [9.17, 15) is 0 Å². The average molecular weight is 267 g/mol. The Hall–Kier alpha value is -0.0800. The van der Waals surface area contributed by atoms with Gasteiger partial charge in [-0.25, -0.2) is 0 Å². The van der Waals surface area contributed by atoms with Crippen molar-refractivity contribution >= 4 is 0 Å². The van der Waals surface area contributed by atoms with E-state index in [4.69, 9.17) is 4.74 Å². The fraction of sp³-hybridized carbons (Fsp3) is 1.00. The molecule has 1 N–H and O–H groups in total. The van der Waals surface area contributed by atoms with E-state index in [-0.39, 0.29) is 0 Å². The lowest BCUT2D eigenvalue weighted by molar-refractivity contribution is 0.0523. The Morgan fingerprint density at radius 1 is 0.947 bits per heavy atom. The predicted molar refractivity (Wildman–Crippen MR) is 81.4 cm³/mol. The van der Waals surface area contributed by atoms with Crippen molar-refractivity contribution in [2.45, 2.75) is 77.2 Å². The van der Waals surface area contributed by atoms with Gasteiger partial charge in [-0.3, -0.25) is 0 Å². The normalized spacial score (nSPS) is 24.5. The predicted octanol–water partition coefficient (Wildman–Crippen LogP) is 4.14. The second kappa shape index (κ2) is 8.97. The van der Waals surface area contributed by atoms with Crippen LogP contribution in [0.25, 0.3) is 0 Å². The van der Waals surface area contributed by atoms with Gasteiger partial charge in [-0.05, 0) is 44.1 Å². The van der Waals surface area contributed by atoms with Crippen LogP contribution < -0.4 is 5.32 Å². The van der Waals surface area contributed by atoms with E-state index in [1.54, 1.807) is 0 Å². The number of likely N-dealkylation sites (N-methyl/N-ethyl adjacent to an activating group) is 1. The Morgan fingerprint density at radius 3 is 2.21 bits per heavy atom. The maximum atomic E-state index is 6.08. The van der Waals surface area contributed by atoms with Crippen molar-refractivity contribution in [3.05, 3.63) is 0 Å². The Labute approximate surface area is 119 Å². The van der Waals surface area contributed by atoms with Crippen LogP contribution >= 0.6 is 0 Å². The van der Waals surface area contributed by atoms with Crippen molar-refractivity contribution in [2.75, 3.05) is 19.8 Å². The highest BCUT2D eigenvalue weighted by atomic mass is 16.5. The fourth-order valence-corrected chi connectivity index (χ4v) is 3.88. The summed E-state index contributed by atoms with van der Waals surface area (Å²) in [6, 6.07) is 0.605. The molecule has 2 aliphatic rings. The smallest absolute Gasteiger partial charge is 0.0622 e. The first kappa shape index (κ1) is 15.3. The molecule has 0 aromatic carbocycles. The van der Waals surface area contributed by atoms with Crippen LogP contribution in [-0.4, -0.2) is 25.8 Å². The van der Waals surface area contributed by atoms with Crippen molar-refractivity contribution in [3.8, 4) is 0 Å². The molecule has 19 heavy (non-hydrogen) atoms. The minimum atomic E-state index is 0.605. The van der Waals surface area contributed by atoms with Crippen molar-refractivity contribution < 1.29 is 4.74 Å². The van der Waals surface area contributed by atoms with Crippen LogP contribution in [0.2, 0.25) is 0 Å². The van der Waals surface area contributed by atoms with Gasteiger partial charge < -0.3 is 10.1 Å². The Balaban J connectivity index is 1.66. The summed E-state index contributed by atoms with van der Waals surface area (Å²) in [4.78, 5) is 0. The Morgan fingerprint density at radius 2 is 1.58 bits per heavy atom. The van der Waals surface area contributed by atoms with Gasteiger partial charge in [0.1, 0.15) is 0 Å². The summed E-state index contributed by atoms with van der Waals surface area (Å²) in [6.45, 7) is 5.24. The number of hydrogen-bond donors (Lipinski definition) is 1. The summed E-state index contributed by atoms with van der Waals surface area (Å²) in [5.74, 6) is 1.71. The lowest BCUT2D eigenvalue weighted by Crippen LogP contribution is -2.41. The molecule has 2 nitrogen and oxygen atoms in total. The van der Waals surface area contributed by atoms with Crippen molar-refractivity contribution in [1.29, 1.82) is 0 Å². The van der Waals surface area contributed by atoms with Crippen LogP contribution in [0.5, 0.6) is 0 Å². The fourth-order valence-electron chi connectivity index (χ4n) is 3.88. The van der Waals surface area contributed by atoms with Gasteiger partial charge in [0, 0.05) is 12.6 Å². The zero-order valence-electron chi connectivity index (χ0n) is 12.8. The number of hydrogen-bond acceptors (Lipinski definition) is 2. The largest absolute Gasteiger partial charge is 0.380 e. The van der Waals surface area contributed by atoms with Crippen molar-refractivity contribution in [3.63, 3.8) is 0 Å². The summed E-state index contributed by atoms with van der Waals surface area (Å²) in [7, 11) is 0. The zero-order chi connectivity index (χ0) is 13.3. The third kappa shape index (κ3) is 5.43. The van der Waals surface area contributed by atoms with E-state index in [1.165, 1.54) is 64.2 Å². The number of ether oxygens (including phenoxy) is 1. The molecule has 0 bridgehead atoms. The molecule has 2 rings (SSSR count). The molecule has 1 unspecified atom stereocenters. The second-order valence-electron chi connectivity index (χ2n) is 6.60. The summed E-state index contributed by atoms with van der Waals surface area (Å²) < 4.78 is 6.08. The molecular formula is C17H33NO. The van der Waals surface area contributed by atoms with Crippen molar-refractivity contribution in [1.82, 2.24) is 5.32 Å². The van der Waals surface area contributed by atoms with Gasteiger partial charge in [0.05, 0.1) is 6.61 Å². The van der Waals surface area contributed by atoms with Gasteiger partial charge in [-0.2, -0.15) is 0 Å². The molecule has 0 heterocycles. The van der Waals surface area contributed by atoms with Gasteiger partial charge in [-0.1, -0.05) is 45.4 Å². The minimum absolute atomic E-state index is 0.605. The lowest BCUT2D eigenvalue weighted by Gasteiger charge is -2.31. The third-order valence-corrected chi connectivity index (χ3v) is 5.06. The summed E-state index contributed by atoms with van der Waals surface area (Å²) in [6.07, 6.45) is 14.2. The molecule has 0 aromatic heterocycles. The second-order valence-corrected chi connectivity index (χ2v) is 6.60. The molecule has 2 fully saturated rings. The molecule has 0 aromatic rings. The van der Waals surface area contributed by atoms with Crippen LogP contribution in [0.3, 0.4) is 0 Å². The van der Waals surface area contributed by atoms with Crippen LogP contribution in [0, 0.1) is 11.8 Å². The topological polar surface area (TPSA) is 21.3 Å². The highest BCUT2D eigenvalue weighted by molar-refractivity contribution is 4.79. The van der Waals surface area contributed by atoms with Gasteiger partial charge >= 0.3 is 0 Å². The van der Waals surface area contributed by atoms with E-state index in [0.29, 0.717) is 6.04 Å². The first-order valence-electron chi connectivity index (χ1n) is 8.71. The molecule has 0 aliphatic heterocycles. The summed E-state index contributed by atoms with van der Waals surface area (Å²) in [5, 5.41) is 3.67. The van der Waals surface area contributed by atoms with Crippen LogP contribution in [0.1, 0.15) is 71.1 Å². The molecule has 2 aliphatic carbocycles. The van der Waals surface area contributed by atoms with E-state index < -0.39 is 0 Å². The van der Waals surface area contributed by atoms with Gasteiger partial charge in [0.25, 0.3) is 0 Å². The highest BCUT2D eigenvalue weighted by Gasteiger charge is 2.23. The minimum Gasteiger partial charge on any atom is -0.380 e. The SMILES string of the molecule is CCNC(COCC1CCCCC1)C1CCCCC1. The third-order valence-electron chi connectivity index (χ3n) is 5.06. The molecule has 0 spiro atoms. The molecule has 2 saturated carbocycles. The highest BCUT2D eigenvalue weighted by Crippen LogP contribution is 2.27. The standard InChI is InChI=1S/C17H33NO/c1-2-18-17(16-11-7-4-8-12-16)14-19-13-15-9-5-3-6-10-15/h15-18H,2-14H2,1H3. The maximum absolute atomic E-state index is 6.08. The quantitative estimate of drug-likeness (QED) is 0.748. The summed E-state index contributed by atoms with van der Waals surface area (Å²) in [5.41, 5.74) is 0. The van der Waals surface area contributed by atoms with Crippen LogP contribution in [-0.2, 0) is 4.74 Å². The Kier molecular flexibility index (Phi) is 7.23. The van der Waals surface area contributed by atoms with E-state index in [2.05, 4.69) is 12.2 Å². The zero-order valence-corrected chi connectivity index (χ0v) is 12.8. The van der Waals surface area contributed by atoms with E-state index in [1.807, 2.05) is 0 Å². The van der Waals surface area contributed by atoms with E-state index in [0.717, 1.165) is 31.6 Å². The van der Waals surface area contributed by atoms with Gasteiger partial charge in [0.2, 0.25) is 0 Å². The van der Waals surface area contributed by atoms with Crippen molar-refractivity contribution in [2.24, 2.45) is 11.8 Å². The average Bonchev–Trinajstić information content (AvgIpc) is 2.48. The first-order chi connectivity index (χ1) is 9.40. The van der Waals surface area contributed by atoms with Crippen LogP contribution in [0.4, 0.5) is 0 Å². The van der Waals surface area contributed by atoms with E-state index >= 15 is 0 Å². The summed E-state index contributed by atoms with van der Waals surface area (Å²) >= 11 is 0.